The fourth-order valence-electron chi connectivity index (χ4n) is 2.38. The Hall–Kier alpha value is -0.530. The highest BCUT2D eigenvalue weighted by Gasteiger charge is 2.26. The third-order valence-electron chi connectivity index (χ3n) is 3.36. The van der Waals surface area contributed by atoms with Crippen LogP contribution in [0.3, 0.4) is 0 Å². The van der Waals surface area contributed by atoms with E-state index >= 15 is 0 Å². The minimum Gasteiger partial charge on any atom is -0.495 e. The zero-order valence-electron chi connectivity index (χ0n) is 11.9. The molecule has 1 saturated heterocycles. The summed E-state index contributed by atoms with van der Waals surface area (Å²) in [6.07, 6.45) is 1.54. The molecular weight excluding hydrogens is 335 g/mol. The van der Waals surface area contributed by atoms with Crippen molar-refractivity contribution in [2.75, 3.05) is 13.7 Å². The van der Waals surface area contributed by atoms with Gasteiger partial charge in [0.1, 0.15) is 10.6 Å². The van der Waals surface area contributed by atoms with Gasteiger partial charge in [0.2, 0.25) is 10.0 Å². The molecule has 0 bridgehead atoms. The van der Waals surface area contributed by atoms with E-state index in [1.54, 1.807) is 12.1 Å². The molecule has 2 unspecified atom stereocenters. The molecule has 1 aliphatic rings. The van der Waals surface area contributed by atoms with Gasteiger partial charge in [0.15, 0.2) is 0 Å². The Morgan fingerprint density at radius 2 is 2.14 bits per heavy atom. The summed E-state index contributed by atoms with van der Waals surface area (Å²) in [7, 11) is -2.20. The molecule has 5 nitrogen and oxygen atoms in total. The summed E-state index contributed by atoms with van der Waals surface area (Å²) in [5.74, 6) is 0.295. The molecule has 2 N–H and O–H groups in total. The fraction of sp³-hybridized carbons (Fsp3) is 0.538. The second-order valence-electron chi connectivity index (χ2n) is 4.99. The third kappa shape index (κ3) is 4.72. The highest BCUT2D eigenvalue weighted by molar-refractivity contribution is 7.89. The third-order valence-corrected chi connectivity index (χ3v) is 5.14. The molecule has 0 aromatic heterocycles. The summed E-state index contributed by atoms with van der Waals surface area (Å²) in [5.41, 5.74) is 0. The van der Waals surface area contributed by atoms with Gasteiger partial charge in [-0.2, -0.15) is 0 Å². The lowest BCUT2D eigenvalue weighted by molar-refractivity contribution is 0.360. The number of rotatable bonds is 4. The predicted octanol–water partition coefficient (Wildman–Crippen LogP) is 2.19. The molecule has 1 aromatic rings. The second-order valence-corrected chi connectivity index (χ2v) is 7.11. The molecule has 0 radical (unpaired) electrons. The lowest BCUT2D eigenvalue weighted by Gasteiger charge is -2.28. The van der Waals surface area contributed by atoms with E-state index in [4.69, 9.17) is 16.3 Å². The van der Waals surface area contributed by atoms with Gasteiger partial charge in [-0.05, 0) is 44.5 Å². The number of methoxy groups -OCH3 is 1. The molecule has 2 atom stereocenters. The molecule has 1 fully saturated rings. The van der Waals surface area contributed by atoms with E-state index in [1.807, 2.05) is 6.92 Å². The number of ether oxygens (including phenoxy) is 1. The molecule has 120 valence electrons. The van der Waals surface area contributed by atoms with Gasteiger partial charge in [0.05, 0.1) is 7.11 Å². The molecule has 1 heterocycles. The Morgan fingerprint density at radius 1 is 1.43 bits per heavy atom. The van der Waals surface area contributed by atoms with E-state index in [1.165, 1.54) is 13.2 Å². The van der Waals surface area contributed by atoms with Crippen molar-refractivity contribution in [1.29, 1.82) is 0 Å². The average Bonchev–Trinajstić information content (AvgIpc) is 2.38. The monoisotopic (exact) mass is 354 g/mol. The van der Waals surface area contributed by atoms with E-state index in [9.17, 15) is 8.42 Å². The maximum atomic E-state index is 12.5. The lowest BCUT2D eigenvalue weighted by atomic mass is 10.0. The standard InChI is InChI=1S/C13H19ClN2O3S.ClH/c1-9-7-11(5-6-15-9)16-20(17,18)13-8-10(14)3-4-12(13)19-2;/h3-4,8-9,11,15-16H,5-7H2,1-2H3;1H. The quantitative estimate of drug-likeness (QED) is 0.869. The average molecular weight is 355 g/mol. The topological polar surface area (TPSA) is 67.4 Å². The molecule has 0 amide bonds. The van der Waals surface area contributed by atoms with Crippen LogP contribution < -0.4 is 14.8 Å². The lowest BCUT2D eigenvalue weighted by Crippen LogP contribution is -2.46. The van der Waals surface area contributed by atoms with E-state index in [0.29, 0.717) is 16.8 Å². The minimum absolute atomic E-state index is 0. The van der Waals surface area contributed by atoms with Crippen molar-refractivity contribution in [3.63, 3.8) is 0 Å². The van der Waals surface area contributed by atoms with Gasteiger partial charge in [-0.25, -0.2) is 13.1 Å². The van der Waals surface area contributed by atoms with Crippen LogP contribution in [0.2, 0.25) is 5.02 Å². The Labute approximate surface area is 136 Å². The van der Waals surface area contributed by atoms with Crippen molar-refractivity contribution in [2.24, 2.45) is 0 Å². The van der Waals surface area contributed by atoms with Crippen molar-refractivity contribution >= 4 is 34.0 Å². The molecular formula is C13H20Cl2N2O3S. The van der Waals surface area contributed by atoms with Crippen LogP contribution in [0.5, 0.6) is 5.75 Å². The summed E-state index contributed by atoms with van der Waals surface area (Å²) in [6.45, 7) is 2.85. The van der Waals surface area contributed by atoms with Crippen molar-refractivity contribution < 1.29 is 13.2 Å². The van der Waals surface area contributed by atoms with Crippen molar-refractivity contribution in [3.8, 4) is 5.75 Å². The Balaban J connectivity index is 0.00000220. The number of piperidine rings is 1. The van der Waals surface area contributed by atoms with Gasteiger partial charge in [-0.1, -0.05) is 11.6 Å². The summed E-state index contributed by atoms with van der Waals surface area (Å²) in [4.78, 5) is 0.0821. The van der Waals surface area contributed by atoms with Gasteiger partial charge in [-0.3, -0.25) is 0 Å². The minimum atomic E-state index is -3.64. The maximum Gasteiger partial charge on any atom is 0.244 e. The zero-order chi connectivity index (χ0) is 14.8. The Bertz CT molecular complexity index is 581. The van der Waals surface area contributed by atoms with Crippen LogP contribution in [0.4, 0.5) is 0 Å². The number of hydrogen-bond donors (Lipinski definition) is 2. The highest BCUT2D eigenvalue weighted by Crippen LogP contribution is 2.27. The number of benzene rings is 1. The van der Waals surface area contributed by atoms with Crippen molar-refractivity contribution in [3.05, 3.63) is 23.2 Å². The van der Waals surface area contributed by atoms with Crippen LogP contribution in [-0.2, 0) is 10.0 Å². The predicted molar refractivity (Wildman–Crippen MR) is 86.1 cm³/mol. The maximum absolute atomic E-state index is 12.5. The summed E-state index contributed by atoms with van der Waals surface area (Å²) >= 11 is 5.89. The van der Waals surface area contributed by atoms with E-state index in [0.717, 1.165) is 19.4 Å². The molecule has 1 aliphatic heterocycles. The van der Waals surface area contributed by atoms with Gasteiger partial charge in [0.25, 0.3) is 0 Å². The van der Waals surface area contributed by atoms with Crippen LogP contribution in [-0.4, -0.2) is 34.2 Å². The van der Waals surface area contributed by atoms with E-state index < -0.39 is 10.0 Å². The molecule has 0 spiro atoms. The molecule has 1 aromatic carbocycles. The van der Waals surface area contributed by atoms with Crippen LogP contribution >= 0.6 is 24.0 Å². The normalized spacial score (nSPS) is 22.4. The smallest absolute Gasteiger partial charge is 0.244 e. The molecule has 0 aliphatic carbocycles. The van der Waals surface area contributed by atoms with Gasteiger partial charge in [0, 0.05) is 17.1 Å². The summed E-state index contributed by atoms with van der Waals surface area (Å²) < 4.78 is 32.8. The van der Waals surface area contributed by atoms with Crippen LogP contribution in [0.25, 0.3) is 0 Å². The Morgan fingerprint density at radius 3 is 2.76 bits per heavy atom. The van der Waals surface area contributed by atoms with Gasteiger partial charge in [-0.15, -0.1) is 12.4 Å². The first-order valence-electron chi connectivity index (χ1n) is 6.51. The first kappa shape index (κ1) is 18.5. The number of halogens is 2. The van der Waals surface area contributed by atoms with Crippen LogP contribution in [0, 0.1) is 0 Å². The van der Waals surface area contributed by atoms with Gasteiger partial charge < -0.3 is 10.1 Å². The number of sulfonamides is 1. The van der Waals surface area contributed by atoms with Crippen molar-refractivity contribution in [2.45, 2.75) is 36.7 Å². The van der Waals surface area contributed by atoms with E-state index in [2.05, 4.69) is 10.0 Å². The largest absolute Gasteiger partial charge is 0.495 e. The zero-order valence-corrected chi connectivity index (χ0v) is 14.3. The number of hydrogen-bond acceptors (Lipinski definition) is 4. The Kier molecular flexibility index (Phi) is 6.74. The fourth-order valence-corrected chi connectivity index (χ4v) is 4.10. The van der Waals surface area contributed by atoms with E-state index in [-0.39, 0.29) is 23.3 Å². The summed E-state index contributed by atoms with van der Waals surface area (Å²) in [5, 5.41) is 3.65. The summed E-state index contributed by atoms with van der Waals surface area (Å²) in [6, 6.07) is 4.80. The van der Waals surface area contributed by atoms with Gasteiger partial charge >= 0.3 is 0 Å². The first-order chi connectivity index (χ1) is 9.42. The molecule has 2 rings (SSSR count). The van der Waals surface area contributed by atoms with Crippen LogP contribution in [0.15, 0.2) is 23.1 Å². The molecule has 21 heavy (non-hydrogen) atoms. The first-order valence-corrected chi connectivity index (χ1v) is 8.38. The molecule has 0 saturated carbocycles. The second kappa shape index (κ2) is 7.65. The number of nitrogens with one attached hydrogen (secondary N) is 2. The van der Waals surface area contributed by atoms with Crippen LogP contribution in [0.1, 0.15) is 19.8 Å². The van der Waals surface area contributed by atoms with Crippen molar-refractivity contribution in [1.82, 2.24) is 10.0 Å². The SMILES string of the molecule is COc1ccc(Cl)cc1S(=O)(=O)NC1CCNC(C)C1.Cl. The molecule has 8 heteroatoms. The highest BCUT2D eigenvalue weighted by atomic mass is 35.5.